The summed E-state index contributed by atoms with van der Waals surface area (Å²) in [4.78, 5) is 8.71. The molecule has 34 heavy (non-hydrogen) atoms. The predicted octanol–water partition coefficient (Wildman–Crippen LogP) is 3.97. The van der Waals surface area contributed by atoms with E-state index in [0.29, 0.717) is 67.6 Å². The summed E-state index contributed by atoms with van der Waals surface area (Å²) < 4.78 is 28.1. The first-order chi connectivity index (χ1) is 16.7. The SMILES string of the molecule is C#Cc1cccc(Nc2ncnc3c2NCc2cc(OCCOC)c(OCCOC)cc2O3)c1. The number of hydrogen-bond acceptors (Lipinski definition) is 9. The molecule has 0 saturated carbocycles. The summed E-state index contributed by atoms with van der Waals surface area (Å²) in [5, 5.41) is 6.66. The van der Waals surface area contributed by atoms with Crippen LogP contribution >= 0.6 is 0 Å². The van der Waals surface area contributed by atoms with Gasteiger partial charge in [0, 0.05) is 43.6 Å². The average Bonchev–Trinajstić information content (AvgIpc) is 3.04. The molecule has 1 aliphatic rings. The second-order valence-corrected chi connectivity index (χ2v) is 7.30. The quantitative estimate of drug-likeness (QED) is 0.343. The third-order valence-corrected chi connectivity index (χ3v) is 4.98. The standard InChI is InChI=1S/C25H26N4O5/c1-4-17-6-5-7-19(12-17)29-24-23-25(28-16-27-24)34-20-14-22(33-11-9-31-3)21(32-10-8-30-2)13-18(20)15-26-23/h1,5-7,12-14,16,26H,8-11,15H2,2-3H3,(H,27,28,29). The Kier molecular flexibility index (Phi) is 7.65. The fraction of sp³-hybridized carbons (Fsp3) is 0.280. The lowest BCUT2D eigenvalue weighted by Crippen LogP contribution is -2.09. The number of ether oxygens (including phenoxy) is 5. The molecule has 0 saturated heterocycles. The fourth-order valence-electron chi connectivity index (χ4n) is 3.32. The smallest absolute Gasteiger partial charge is 0.248 e. The Balaban J connectivity index is 1.61. The van der Waals surface area contributed by atoms with Crippen LogP contribution in [0.2, 0.25) is 0 Å². The van der Waals surface area contributed by atoms with Crippen molar-refractivity contribution >= 4 is 17.2 Å². The van der Waals surface area contributed by atoms with E-state index < -0.39 is 0 Å². The topological polar surface area (TPSA) is 96.0 Å². The Hall–Kier alpha value is -4.00. The van der Waals surface area contributed by atoms with Crippen molar-refractivity contribution in [2.45, 2.75) is 6.54 Å². The summed E-state index contributed by atoms with van der Waals surface area (Å²) in [5.74, 6) is 5.34. The van der Waals surface area contributed by atoms with Gasteiger partial charge in [-0.3, -0.25) is 0 Å². The zero-order valence-corrected chi connectivity index (χ0v) is 19.1. The number of hydrogen-bond donors (Lipinski definition) is 2. The molecule has 0 atom stereocenters. The van der Waals surface area contributed by atoms with Gasteiger partial charge in [0.25, 0.3) is 0 Å². The maximum atomic E-state index is 6.18. The van der Waals surface area contributed by atoms with E-state index in [1.165, 1.54) is 6.33 Å². The van der Waals surface area contributed by atoms with E-state index in [1.54, 1.807) is 20.3 Å². The molecule has 9 heteroatoms. The molecule has 2 heterocycles. The number of nitrogens with one attached hydrogen (secondary N) is 2. The second-order valence-electron chi connectivity index (χ2n) is 7.30. The van der Waals surface area contributed by atoms with E-state index in [-0.39, 0.29) is 0 Å². The minimum atomic E-state index is 0.373. The Morgan fingerprint density at radius 3 is 2.53 bits per heavy atom. The molecule has 1 aromatic heterocycles. The van der Waals surface area contributed by atoms with E-state index in [4.69, 9.17) is 30.1 Å². The molecular weight excluding hydrogens is 436 g/mol. The van der Waals surface area contributed by atoms with E-state index in [1.807, 2.05) is 30.3 Å². The first-order valence-corrected chi connectivity index (χ1v) is 10.7. The average molecular weight is 463 g/mol. The van der Waals surface area contributed by atoms with Crippen molar-refractivity contribution in [1.82, 2.24) is 9.97 Å². The van der Waals surface area contributed by atoms with Crippen molar-refractivity contribution in [3.05, 3.63) is 53.9 Å². The summed E-state index contributed by atoms with van der Waals surface area (Å²) in [5.41, 5.74) is 3.09. The van der Waals surface area contributed by atoms with Crippen molar-refractivity contribution in [3.8, 4) is 35.5 Å². The molecular formula is C25H26N4O5. The van der Waals surface area contributed by atoms with Gasteiger partial charge in [-0.15, -0.1) is 6.42 Å². The first-order valence-electron chi connectivity index (χ1n) is 10.7. The number of terminal acetylenes is 1. The molecule has 0 aliphatic carbocycles. The van der Waals surface area contributed by atoms with Gasteiger partial charge >= 0.3 is 0 Å². The van der Waals surface area contributed by atoms with Crippen LogP contribution in [0.1, 0.15) is 11.1 Å². The van der Waals surface area contributed by atoms with Crippen LogP contribution in [-0.2, 0) is 16.0 Å². The monoisotopic (exact) mass is 462 g/mol. The van der Waals surface area contributed by atoms with E-state index in [2.05, 4.69) is 26.5 Å². The molecule has 0 amide bonds. The van der Waals surface area contributed by atoms with Crippen LogP contribution in [0.3, 0.4) is 0 Å². The number of anilines is 3. The summed E-state index contributed by atoms with van der Waals surface area (Å²) >= 11 is 0. The molecule has 3 aromatic rings. The predicted molar refractivity (Wildman–Crippen MR) is 128 cm³/mol. The molecule has 0 fully saturated rings. The van der Waals surface area contributed by atoms with Crippen molar-refractivity contribution in [1.29, 1.82) is 0 Å². The highest BCUT2D eigenvalue weighted by Gasteiger charge is 2.22. The highest BCUT2D eigenvalue weighted by Crippen LogP contribution is 2.42. The van der Waals surface area contributed by atoms with Gasteiger partial charge in [-0.2, -0.15) is 4.98 Å². The van der Waals surface area contributed by atoms with Crippen molar-refractivity contribution in [2.75, 3.05) is 51.3 Å². The van der Waals surface area contributed by atoms with Crippen LogP contribution < -0.4 is 24.8 Å². The molecule has 2 N–H and O–H groups in total. The molecule has 0 bridgehead atoms. The van der Waals surface area contributed by atoms with Gasteiger partial charge in [0.05, 0.1) is 13.2 Å². The van der Waals surface area contributed by atoms with Crippen molar-refractivity contribution < 1.29 is 23.7 Å². The van der Waals surface area contributed by atoms with Gasteiger partial charge in [-0.25, -0.2) is 4.98 Å². The van der Waals surface area contributed by atoms with Crippen molar-refractivity contribution in [2.24, 2.45) is 0 Å². The molecule has 9 nitrogen and oxygen atoms in total. The minimum absolute atomic E-state index is 0.373. The van der Waals surface area contributed by atoms with Crippen LogP contribution in [-0.4, -0.2) is 50.6 Å². The number of fused-ring (bicyclic) bond motifs is 2. The molecule has 0 unspecified atom stereocenters. The van der Waals surface area contributed by atoms with E-state index in [0.717, 1.165) is 16.8 Å². The highest BCUT2D eigenvalue weighted by atomic mass is 16.5. The second kappa shape index (κ2) is 11.2. The normalized spacial score (nSPS) is 11.7. The van der Waals surface area contributed by atoms with Crippen LogP contribution in [0.15, 0.2) is 42.7 Å². The molecule has 0 spiro atoms. The van der Waals surface area contributed by atoms with Gasteiger partial charge in [-0.1, -0.05) is 12.0 Å². The zero-order valence-electron chi connectivity index (χ0n) is 19.1. The van der Waals surface area contributed by atoms with E-state index in [9.17, 15) is 0 Å². The number of benzene rings is 2. The summed E-state index contributed by atoms with van der Waals surface area (Å²) in [6.07, 6.45) is 6.96. The van der Waals surface area contributed by atoms with Crippen LogP contribution in [0.4, 0.5) is 17.2 Å². The summed E-state index contributed by atoms with van der Waals surface area (Å²) in [7, 11) is 3.25. The number of methoxy groups -OCH3 is 2. The molecule has 4 rings (SSSR count). The summed E-state index contributed by atoms with van der Waals surface area (Å²) in [6, 6.07) is 11.2. The lowest BCUT2D eigenvalue weighted by atomic mass is 10.1. The van der Waals surface area contributed by atoms with Crippen LogP contribution in [0.5, 0.6) is 23.1 Å². The van der Waals surface area contributed by atoms with Gasteiger partial charge in [0.15, 0.2) is 17.3 Å². The third kappa shape index (κ3) is 5.49. The fourth-order valence-corrected chi connectivity index (χ4v) is 3.32. The van der Waals surface area contributed by atoms with Gasteiger partial charge in [-0.05, 0) is 24.3 Å². The number of rotatable bonds is 10. The highest BCUT2D eigenvalue weighted by molar-refractivity contribution is 5.76. The minimum Gasteiger partial charge on any atom is -0.487 e. The largest absolute Gasteiger partial charge is 0.487 e. The van der Waals surface area contributed by atoms with Gasteiger partial charge in [0.2, 0.25) is 5.88 Å². The number of aromatic nitrogens is 2. The Bertz CT molecular complexity index is 1180. The molecule has 0 radical (unpaired) electrons. The van der Waals surface area contributed by atoms with Gasteiger partial charge in [0.1, 0.15) is 31.0 Å². The third-order valence-electron chi connectivity index (χ3n) is 4.98. The van der Waals surface area contributed by atoms with Crippen molar-refractivity contribution in [3.63, 3.8) is 0 Å². The van der Waals surface area contributed by atoms with E-state index >= 15 is 0 Å². The maximum absolute atomic E-state index is 6.18. The van der Waals surface area contributed by atoms with Crippen LogP contribution in [0.25, 0.3) is 0 Å². The maximum Gasteiger partial charge on any atom is 0.248 e. The molecule has 2 aromatic carbocycles. The zero-order chi connectivity index (χ0) is 23.8. The first kappa shape index (κ1) is 23.2. The Morgan fingerprint density at radius 2 is 1.79 bits per heavy atom. The summed E-state index contributed by atoms with van der Waals surface area (Å²) in [6.45, 7) is 2.13. The Morgan fingerprint density at radius 1 is 1.03 bits per heavy atom. The lowest BCUT2D eigenvalue weighted by molar-refractivity contribution is 0.132. The Labute approximate surface area is 198 Å². The number of nitrogens with zero attached hydrogens (tertiary/aromatic N) is 2. The molecule has 176 valence electrons. The van der Waals surface area contributed by atoms with Crippen LogP contribution in [0, 0.1) is 12.3 Å². The molecule has 1 aliphatic heterocycles. The van der Waals surface area contributed by atoms with Gasteiger partial charge < -0.3 is 34.3 Å². The lowest BCUT2D eigenvalue weighted by Gasteiger charge is -2.16.